The van der Waals surface area contributed by atoms with Crippen molar-refractivity contribution in [3.05, 3.63) is 102 Å². The van der Waals surface area contributed by atoms with Crippen LogP contribution in [0.5, 0.6) is 0 Å². The lowest BCUT2D eigenvalue weighted by Crippen LogP contribution is -2.23. The molecule has 0 aromatic heterocycles. The third kappa shape index (κ3) is 3.55. The van der Waals surface area contributed by atoms with Crippen molar-refractivity contribution in [1.29, 1.82) is 0 Å². The van der Waals surface area contributed by atoms with E-state index in [9.17, 15) is 9.28 Å². The first-order valence-corrected chi connectivity index (χ1v) is 11.3. The molecule has 1 atom stereocenters. The van der Waals surface area contributed by atoms with Crippen molar-refractivity contribution < 1.29 is 9.28 Å². The van der Waals surface area contributed by atoms with Crippen LogP contribution in [0, 0.1) is 5.82 Å². The third-order valence-corrected chi connectivity index (χ3v) is 7.67. The van der Waals surface area contributed by atoms with Crippen LogP contribution in [0.15, 0.2) is 95.1 Å². The molecule has 0 fully saturated rings. The number of fused-ring (bicyclic) bond motifs is 1. The maximum Gasteiger partial charge on any atom is 0.140 e. The summed E-state index contributed by atoms with van der Waals surface area (Å²) in [6.07, 6.45) is 0. The lowest BCUT2D eigenvalue weighted by molar-refractivity contribution is 0.621. The zero-order chi connectivity index (χ0) is 20.6. The molecule has 3 nitrogen and oxygen atoms in total. The van der Waals surface area contributed by atoms with E-state index in [2.05, 4.69) is 30.9 Å². The Labute approximate surface area is 171 Å². The smallest absolute Gasteiger partial charge is 0.140 e. The summed E-state index contributed by atoms with van der Waals surface area (Å²) in [4.78, 5) is 14.0. The minimum Gasteiger partial charge on any atom is -0.353 e. The molecule has 0 unspecified atom stereocenters. The Morgan fingerprint density at radius 1 is 0.931 bits per heavy atom. The highest BCUT2D eigenvalue weighted by molar-refractivity contribution is 7.71. The predicted octanol–water partition coefficient (Wildman–Crippen LogP) is 6.16. The molecule has 148 valence electrons. The molecule has 0 saturated heterocycles. The highest BCUT2D eigenvalue weighted by Gasteiger charge is 2.39. The minimum atomic E-state index is -3.05. The first-order valence-electron chi connectivity index (χ1n) is 9.54. The van der Waals surface area contributed by atoms with Gasteiger partial charge in [-0.25, -0.2) is 9.14 Å². The van der Waals surface area contributed by atoms with Gasteiger partial charge in [-0.15, -0.1) is 0 Å². The average Bonchev–Trinajstić information content (AvgIpc) is 2.91. The van der Waals surface area contributed by atoms with Gasteiger partial charge in [-0.1, -0.05) is 62.4 Å². The number of halogens is 1. The van der Waals surface area contributed by atoms with E-state index >= 15 is 0 Å². The SMILES string of the molecule is CN1/C(=C/[P@@](O)(=Nc2ccc(F)cc2)c2ccccc2)C(C)(C)c2ccccc21. The van der Waals surface area contributed by atoms with Crippen LogP contribution >= 0.6 is 7.28 Å². The molecular formula is C24H24FN2OP. The van der Waals surface area contributed by atoms with E-state index < -0.39 is 7.28 Å². The van der Waals surface area contributed by atoms with Gasteiger partial charge < -0.3 is 9.79 Å². The van der Waals surface area contributed by atoms with Crippen LogP contribution in [0.25, 0.3) is 0 Å². The van der Waals surface area contributed by atoms with Gasteiger partial charge in [-0.2, -0.15) is 0 Å². The number of nitrogens with zero attached hydrogens (tertiary/aromatic N) is 2. The molecule has 0 amide bonds. The van der Waals surface area contributed by atoms with Gasteiger partial charge in [-0.3, -0.25) is 0 Å². The Kier molecular flexibility index (Phi) is 4.94. The molecule has 29 heavy (non-hydrogen) atoms. The fourth-order valence-corrected chi connectivity index (χ4v) is 6.15. The summed E-state index contributed by atoms with van der Waals surface area (Å²) in [5.41, 5.74) is 3.63. The number of hydrogen-bond acceptors (Lipinski definition) is 2. The standard InChI is InChI=1S/C24H24FN2OP/c1-24(2)21-11-7-8-12-22(21)27(3)23(24)17-29(28,20-9-5-4-6-10-20)26-19-15-13-18(25)14-16-19/h4-17,28H,1-3H3/b23-17+/t29-/m0/s1. The maximum absolute atomic E-state index is 13.4. The molecule has 0 bridgehead atoms. The summed E-state index contributed by atoms with van der Waals surface area (Å²) in [5, 5.41) is 0.761. The molecule has 0 saturated carbocycles. The summed E-state index contributed by atoms with van der Waals surface area (Å²) in [7, 11) is -1.03. The Hall–Kier alpha value is -2.68. The van der Waals surface area contributed by atoms with Crippen LogP contribution in [-0.2, 0) is 5.41 Å². The van der Waals surface area contributed by atoms with Crippen molar-refractivity contribution in [2.45, 2.75) is 19.3 Å². The largest absolute Gasteiger partial charge is 0.353 e. The Morgan fingerprint density at radius 3 is 2.21 bits per heavy atom. The van der Waals surface area contributed by atoms with Gasteiger partial charge in [0.25, 0.3) is 0 Å². The van der Waals surface area contributed by atoms with E-state index in [4.69, 9.17) is 4.74 Å². The lowest BCUT2D eigenvalue weighted by Gasteiger charge is -2.27. The number of para-hydroxylation sites is 1. The van der Waals surface area contributed by atoms with E-state index in [1.807, 2.05) is 55.3 Å². The van der Waals surface area contributed by atoms with E-state index in [1.165, 1.54) is 17.7 Å². The number of allylic oxidation sites excluding steroid dienone is 1. The quantitative estimate of drug-likeness (QED) is 0.529. The Bertz CT molecular complexity index is 1120. The molecule has 1 N–H and O–H groups in total. The zero-order valence-electron chi connectivity index (χ0n) is 16.7. The topological polar surface area (TPSA) is 35.8 Å². The summed E-state index contributed by atoms with van der Waals surface area (Å²) in [6, 6.07) is 23.7. The van der Waals surface area contributed by atoms with Gasteiger partial charge in [0.05, 0.1) is 5.69 Å². The number of benzene rings is 3. The van der Waals surface area contributed by atoms with Crippen molar-refractivity contribution >= 4 is 24.0 Å². The highest BCUT2D eigenvalue weighted by atomic mass is 31.2. The lowest BCUT2D eigenvalue weighted by atomic mass is 9.84. The van der Waals surface area contributed by atoms with E-state index in [0.717, 1.165) is 16.7 Å². The van der Waals surface area contributed by atoms with Gasteiger partial charge >= 0.3 is 0 Å². The van der Waals surface area contributed by atoms with Crippen LogP contribution in [0.3, 0.4) is 0 Å². The molecule has 0 radical (unpaired) electrons. The number of anilines is 1. The predicted molar refractivity (Wildman–Crippen MR) is 120 cm³/mol. The van der Waals surface area contributed by atoms with Gasteiger partial charge in [0, 0.05) is 35.0 Å². The van der Waals surface area contributed by atoms with Crippen LogP contribution < -0.4 is 10.2 Å². The first-order chi connectivity index (χ1) is 13.8. The Balaban J connectivity index is 1.93. The summed E-state index contributed by atoms with van der Waals surface area (Å²) < 4.78 is 18.1. The van der Waals surface area contributed by atoms with Crippen molar-refractivity contribution in [3.8, 4) is 0 Å². The van der Waals surface area contributed by atoms with Crippen molar-refractivity contribution in [2.24, 2.45) is 4.74 Å². The van der Waals surface area contributed by atoms with Crippen LogP contribution in [0.4, 0.5) is 15.8 Å². The fourth-order valence-electron chi connectivity index (χ4n) is 3.89. The normalized spacial score (nSPS) is 18.4. The average molecular weight is 406 g/mol. The van der Waals surface area contributed by atoms with Crippen LogP contribution in [0.2, 0.25) is 0 Å². The van der Waals surface area contributed by atoms with Crippen LogP contribution in [0.1, 0.15) is 19.4 Å². The van der Waals surface area contributed by atoms with E-state index in [0.29, 0.717) is 5.69 Å². The minimum absolute atomic E-state index is 0.271. The summed E-state index contributed by atoms with van der Waals surface area (Å²) in [5.74, 6) is 1.60. The second-order valence-electron chi connectivity index (χ2n) is 7.78. The highest BCUT2D eigenvalue weighted by Crippen LogP contribution is 2.55. The van der Waals surface area contributed by atoms with E-state index in [-0.39, 0.29) is 11.2 Å². The Morgan fingerprint density at radius 2 is 1.55 bits per heavy atom. The number of likely N-dealkylation sites (N-methyl/N-ethyl adjacent to an activating group) is 1. The molecule has 3 aromatic carbocycles. The molecule has 1 aliphatic heterocycles. The van der Waals surface area contributed by atoms with Crippen LogP contribution in [-0.4, -0.2) is 11.9 Å². The van der Waals surface area contributed by atoms with Gasteiger partial charge in [0.2, 0.25) is 0 Å². The molecular weight excluding hydrogens is 382 g/mol. The molecule has 0 aliphatic carbocycles. The molecule has 3 aromatic rings. The van der Waals surface area contributed by atoms with Gasteiger partial charge in [-0.05, 0) is 35.9 Å². The molecule has 4 rings (SSSR count). The van der Waals surface area contributed by atoms with Crippen molar-refractivity contribution in [3.63, 3.8) is 0 Å². The second-order valence-corrected chi connectivity index (χ2v) is 10.1. The monoisotopic (exact) mass is 406 g/mol. The maximum atomic E-state index is 13.4. The molecule has 1 aliphatic rings. The molecule has 1 heterocycles. The second kappa shape index (κ2) is 7.29. The third-order valence-electron chi connectivity index (χ3n) is 5.47. The fraction of sp³-hybridized carbons (Fsp3) is 0.167. The van der Waals surface area contributed by atoms with Crippen molar-refractivity contribution in [1.82, 2.24) is 0 Å². The summed E-state index contributed by atoms with van der Waals surface area (Å²) in [6.45, 7) is 4.32. The molecule has 5 heteroatoms. The number of hydrogen-bond donors (Lipinski definition) is 1. The number of rotatable bonds is 3. The van der Waals surface area contributed by atoms with Crippen molar-refractivity contribution in [2.75, 3.05) is 11.9 Å². The summed E-state index contributed by atoms with van der Waals surface area (Å²) >= 11 is 0. The van der Waals surface area contributed by atoms with E-state index in [1.54, 1.807) is 12.1 Å². The first kappa shape index (κ1) is 19.6. The molecule has 0 spiro atoms. The van der Waals surface area contributed by atoms with Gasteiger partial charge in [0.1, 0.15) is 13.1 Å². The zero-order valence-corrected chi connectivity index (χ0v) is 17.6. The van der Waals surface area contributed by atoms with Gasteiger partial charge in [0.15, 0.2) is 0 Å².